The van der Waals surface area contributed by atoms with Gasteiger partial charge in [-0.3, -0.25) is 4.79 Å². The Kier molecular flexibility index (Phi) is 5.86. The first kappa shape index (κ1) is 19.3. The lowest BCUT2D eigenvalue weighted by Gasteiger charge is -2.10. The summed E-state index contributed by atoms with van der Waals surface area (Å²) >= 11 is 5.95. The molecular formula is C20H17ClN4O3. The van der Waals surface area contributed by atoms with Gasteiger partial charge in [-0.05, 0) is 42.8 Å². The number of halogens is 1. The molecule has 0 bridgehead atoms. The van der Waals surface area contributed by atoms with E-state index in [2.05, 4.69) is 20.6 Å². The number of carbonyl (C=O) groups excluding carboxylic acids is 2. The number of anilines is 3. The molecule has 0 spiro atoms. The van der Waals surface area contributed by atoms with Crippen LogP contribution in [0.25, 0.3) is 0 Å². The Hall–Kier alpha value is -3.45. The number of benzene rings is 2. The molecule has 1 aromatic heterocycles. The average Bonchev–Trinajstić information content (AvgIpc) is 2.70. The van der Waals surface area contributed by atoms with Crippen LogP contribution < -0.4 is 10.6 Å². The summed E-state index contributed by atoms with van der Waals surface area (Å²) in [4.78, 5) is 32.6. The lowest BCUT2D eigenvalue weighted by molar-refractivity contribution is 0.0602. The summed E-state index contributed by atoms with van der Waals surface area (Å²) in [5.74, 6) is -0.632. The molecule has 3 rings (SSSR count). The monoisotopic (exact) mass is 396 g/mol. The van der Waals surface area contributed by atoms with E-state index in [0.29, 0.717) is 16.7 Å². The first-order chi connectivity index (χ1) is 13.5. The number of methoxy groups -OCH3 is 1. The zero-order valence-corrected chi connectivity index (χ0v) is 15.9. The van der Waals surface area contributed by atoms with E-state index in [-0.39, 0.29) is 11.1 Å². The molecule has 8 heteroatoms. The van der Waals surface area contributed by atoms with Gasteiger partial charge < -0.3 is 15.4 Å². The molecule has 0 aliphatic carbocycles. The van der Waals surface area contributed by atoms with Gasteiger partial charge in [0.15, 0.2) is 0 Å². The second kappa shape index (κ2) is 8.49. The van der Waals surface area contributed by atoms with Crippen LogP contribution >= 0.6 is 11.6 Å². The van der Waals surface area contributed by atoms with Gasteiger partial charge in [-0.2, -0.15) is 0 Å². The fourth-order valence-electron chi connectivity index (χ4n) is 2.47. The summed E-state index contributed by atoms with van der Waals surface area (Å²) in [6.45, 7) is 1.91. The van der Waals surface area contributed by atoms with E-state index in [9.17, 15) is 9.59 Å². The number of aryl methyl sites for hydroxylation is 1. The lowest BCUT2D eigenvalue weighted by Crippen LogP contribution is -2.16. The average molecular weight is 397 g/mol. The number of hydrogen-bond donors (Lipinski definition) is 2. The molecule has 7 nitrogen and oxygen atoms in total. The fraction of sp³-hybridized carbons (Fsp3) is 0.100. The van der Waals surface area contributed by atoms with E-state index in [0.717, 1.165) is 11.3 Å². The van der Waals surface area contributed by atoms with Crippen molar-refractivity contribution in [2.75, 3.05) is 17.7 Å². The summed E-state index contributed by atoms with van der Waals surface area (Å²) in [6, 6.07) is 12.0. The molecular weight excluding hydrogens is 380 g/mol. The first-order valence-corrected chi connectivity index (χ1v) is 8.69. The molecule has 1 amide bonds. The molecule has 0 atom stereocenters. The van der Waals surface area contributed by atoms with Crippen molar-refractivity contribution in [3.05, 3.63) is 76.6 Å². The Morgan fingerprint density at radius 1 is 1.04 bits per heavy atom. The Labute approximate surface area is 166 Å². The minimum Gasteiger partial charge on any atom is -0.465 e. The molecule has 0 aliphatic heterocycles. The summed E-state index contributed by atoms with van der Waals surface area (Å²) < 4.78 is 4.72. The topological polar surface area (TPSA) is 93.2 Å². The van der Waals surface area contributed by atoms with Crippen molar-refractivity contribution in [1.82, 2.24) is 9.97 Å². The third-order valence-corrected chi connectivity index (χ3v) is 4.16. The fourth-order valence-corrected chi connectivity index (χ4v) is 2.70. The van der Waals surface area contributed by atoms with Gasteiger partial charge in [0.25, 0.3) is 5.91 Å². The van der Waals surface area contributed by atoms with Crippen LogP contribution in [0.2, 0.25) is 5.02 Å². The highest BCUT2D eigenvalue weighted by Crippen LogP contribution is 2.22. The van der Waals surface area contributed by atoms with Crippen LogP contribution in [0, 0.1) is 6.92 Å². The van der Waals surface area contributed by atoms with Gasteiger partial charge in [-0.25, -0.2) is 14.8 Å². The smallest absolute Gasteiger partial charge is 0.339 e. The van der Waals surface area contributed by atoms with Gasteiger partial charge in [0.2, 0.25) is 5.95 Å². The third kappa shape index (κ3) is 4.44. The summed E-state index contributed by atoms with van der Waals surface area (Å²) in [6.07, 6.45) is 2.80. The normalized spacial score (nSPS) is 10.2. The number of esters is 1. The second-order valence-corrected chi connectivity index (χ2v) is 6.31. The minimum absolute atomic E-state index is 0.248. The summed E-state index contributed by atoms with van der Waals surface area (Å²) in [5, 5.41) is 6.39. The predicted molar refractivity (Wildman–Crippen MR) is 107 cm³/mol. The minimum atomic E-state index is -0.537. The van der Waals surface area contributed by atoms with E-state index in [1.54, 1.807) is 30.3 Å². The maximum absolute atomic E-state index is 12.5. The summed E-state index contributed by atoms with van der Waals surface area (Å²) in [7, 11) is 1.28. The van der Waals surface area contributed by atoms with E-state index >= 15 is 0 Å². The second-order valence-electron chi connectivity index (χ2n) is 5.87. The van der Waals surface area contributed by atoms with Gasteiger partial charge in [-0.15, -0.1) is 0 Å². The van der Waals surface area contributed by atoms with E-state index in [1.807, 2.05) is 19.1 Å². The van der Waals surface area contributed by atoms with Crippen LogP contribution in [0.4, 0.5) is 17.3 Å². The van der Waals surface area contributed by atoms with E-state index in [4.69, 9.17) is 16.3 Å². The third-order valence-electron chi connectivity index (χ3n) is 3.93. The SMILES string of the molecule is COC(=O)c1ccccc1NC(=O)c1cnc(Nc2ccc(Cl)cc2C)nc1. The Morgan fingerprint density at radius 2 is 1.75 bits per heavy atom. The van der Waals surface area contributed by atoms with Crippen LogP contribution in [0.15, 0.2) is 54.9 Å². The highest BCUT2D eigenvalue weighted by molar-refractivity contribution is 6.30. The van der Waals surface area contributed by atoms with Crippen LogP contribution in [0.3, 0.4) is 0 Å². The molecule has 142 valence electrons. The van der Waals surface area contributed by atoms with Crippen molar-refractivity contribution in [3.63, 3.8) is 0 Å². The number of amides is 1. The molecule has 0 radical (unpaired) electrons. The Bertz CT molecular complexity index is 1020. The number of ether oxygens (including phenoxy) is 1. The number of hydrogen-bond acceptors (Lipinski definition) is 6. The van der Waals surface area contributed by atoms with Crippen LogP contribution in [0.5, 0.6) is 0 Å². The van der Waals surface area contributed by atoms with Gasteiger partial charge in [0, 0.05) is 23.1 Å². The van der Waals surface area contributed by atoms with Crippen molar-refractivity contribution in [3.8, 4) is 0 Å². The van der Waals surface area contributed by atoms with Crippen LogP contribution in [0.1, 0.15) is 26.3 Å². The van der Waals surface area contributed by atoms with Crippen molar-refractivity contribution in [2.45, 2.75) is 6.92 Å². The van der Waals surface area contributed by atoms with E-state index < -0.39 is 11.9 Å². The van der Waals surface area contributed by atoms with Crippen molar-refractivity contribution in [2.24, 2.45) is 0 Å². The molecule has 0 unspecified atom stereocenters. The molecule has 28 heavy (non-hydrogen) atoms. The molecule has 0 saturated carbocycles. The molecule has 3 aromatic rings. The zero-order chi connectivity index (χ0) is 20.1. The van der Waals surface area contributed by atoms with E-state index in [1.165, 1.54) is 19.5 Å². The maximum Gasteiger partial charge on any atom is 0.339 e. The number of aromatic nitrogens is 2. The molecule has 1 heterocycles. The van der Waals surface area contributed by atoms with Crippen molar-refractivity contribution in [1.29, 1.82) is 0 Å². The number of para-hydroxylation sites is 1. The van der Waals surface area contributed by atoms with Gasteiger partial charge in [0.05, 0.1) is 23.9 Å². The molecule has 0 fully saturated rings. The highest BCUT2D eigenvalue weighted by atomic mass is 35.5. The molecule has 2 N–H and O–H groups in total. The van der Waals surface area contributed by atoms with Crippen molar-refractivity contribution >= 4 is 40.8 Å². The number of nitrogens with zero attached hydrogens (tertiary/aromatic N) is 2. The zero-order valence-electron chi connectivity index (χ0n) is 15.2. The van der Waals surface area contributed by atoms with Gasteiger partial charge >= 0.3 is 5.97 Å². The molecule has 0 aliphatic rings. The summed E-state index contributed by atoms with van der Waals surface area (Å²) in [5.41, 5.74) is 2.61. The molecule has 2 aromatic carbocycles. The number of carbonyl (C=O) groups is 2. The quantitative estimate of drug-likeness (QED) is 0.627. The Morgan fingerprint density at radius 3 is 2.43 bits per heavy atom. The Balaban J connectivity index is 1.73. The number of nitrogens with one attached hydrogen (secondary N) is 2. The van der Waals surface area contributed by atoms with Gasteiger partial charge in [0.1, 0.15) is 0 Å². The highest BCUT2D eigenvalue weighted by Gasteiger charge is 2.15. The predicted octanol–water partition coefficient (Wildman–Crippen LogP) is 4.22. The van der Waals surface area contributed by atoms with Gasteiger partial charge in [-0.1, -0.05) is 23.7 Å². The number of rotatable bonds is 5. The van der Waals surface area contributed by atoms with Crippen LogP contribution in [-0.2, 0) is 4.74 Å². The standard InChI is InChI=1S/C20H17ClN4O3/c1-12-9-14(21)7-8-16(12)25-20-22-10-13(11-23-20)18(26)24-17-6-4-3-5-15(17)19(27)28-2/h3-11H,1-2H3,(H,24,26)(H,22,23,25). The maximum atomic E-state index is 12.5. The first-order valence-electron chi connectivity index (χ1n) is 8.32. The van der Waals surface area contributed by atoms with Crippen LogP contribution in [-0.4, -0.2) is 29.0 Å². The molecule has 0 saturated heterocycles. The van der Waals surface area contributed by atoms with Crippen molar-refractivity contribution < 1.29 is 14.3 Å². The largest absolute Gasteiger partial charge is 0.465 e. The lowest BCUT2D eigenvalue weighted by atomic mass is 10.1.